The summed E-state index contributed by atoms with van der Waals surface area (Å²) in [4.78, 5) is 26.9. The summed E-state index contributed by atoms with van der Waals surface area (Å²) in [6.07, 6.45) is 2.55. The lowest BCUT2D eigenvalue weighted by Gasteiger charge is -2.21. The highest BCUT2D eigenvalue weighted by molar-refractivity contribution is 5.90. The molecule has 2 atom stereocenters. The zero-order valence-electron chi connectivity index (χ0n) is 13.4. The van der Waals surface area contributed by atoms with Crippen LogP contribution in [0.1, 0.15) is 48.8 Å². The highest BCUT2D eigenvalue weighted by Crippen LogP contribution is 2.18. The monoisotopic (exact) mass is 314 g/mol. The van der Waals surface area contributed by atoms with E-state index < -0.39 is 12.1 Å². The van der Waals surface area contributed by atoms with E-state index in [1.165, 1.54) is 0 Å². The van der Waals surface area contributed by atoms with E-state index in [0.717, 1.165) is 18.4 Å². The maximum atomic E-state index is 12.3. The summed E-state index contributed by atoms with van der Waals surface area (Å²) in [6, 6.07) is 13.0. The Hall–Kier alpha value is -2.56. The van der Waals surface area contributed by atoms with Crippen LogP contribution in [0.3, 0.4) is 0 Å². The Morgan fingerprint density at radius 3 is 2.52 bits per heavy atom. The highest BCUT2D eigenvalue weighted by Gasteiger charge is 2.22. The van der Waals surface area contributed by atoms with E-state index in [9.17, 15) is 9.59 Å². The normalized spacial score (nSPS) is 13.1. The number of rotatable bonds is 7. The molecule has 122 valence electrons. The Labute approximate surface area is 136 Å². The predicted molar refractivity (Wildman–Crippen MR) is 87.9 cm³/mol. The number of carbonyl (C=O) groups is 2. The summed E-state index contributed by atoms with van der Waals surface area (Å²) in [7, 11) is 0. The van der Waals surface area contributed by atoms with E-state index in [1.807, 2.05) is 30.3 Å². The molecule has 0 radical (unpaired) electrons. The largest absolute Gasteiger partial charge is 0.448 e. The third kappa shape index (κ3) is 4.71. The molecule has 0 spiro atoms. The van der Waals surface area contributed by atoms with E-state index >= 15 is 0 Å². The Balaban J connectivity index is 1.96. The van der Waals surface area contributed by atoms with Crippen molar-refractivity contribution < 1.29 is 14.3 Å². The number of amides is 1. The number of H-pyrrole nitrogens is 1. The molecule has 1 amide bonds. The second kappa shape index (κ2) is 8.17. The molecule has 0 unspecified atom stereocenters. The first-order valence-electron chi connectivity index (χ1n) is 7.81. The average Bonchev–Trinajstić information content (AvgIpc) is 3.09. The van der Waals surface area contributed by atoms with Crippen LogP contribution in [-0.2, 0) is 9.53 Å². The molecule has 0 fully saturated rings. The standard InChI is InChI=1S/C18H22N2O3/c1-3-8-15(14-9-5-4-6-10-14)20-17(21)13(2)23-18(22)16-11-7-12-19-16/h4-7,9-13,15,19H,3,8H2,1-2H3,(H,20,21)/t13-,15-/m0/s1. The molecule has 23 heavy (non-hydrogen) atoms. The minimum absolute atomic E-state index is 0.0830. The van der Waals surface area contributed by atoms with Crippen molar-refractivity contribution in [3.8, 4) is 0 Å². The van der Waals surface area contributed by atoms with Crippen LogP contribution < -0.4 is 5.32 Å². The molecule has 5 nitrogen and oxygen atoms in total. The van der Waals surface area contributed by atoms with Crippen LogP contribution in [0, 0.1) is 0 Å². The zero-order chi connectivity index (χ0) is 16.7. The first-order valence-corrected chi connectivity index (χ1v) is 7.81. The molecule has 0 aliphatic carbocycles. The van der Waals surface area contributed by atoms with Gasteiger partial charge in [-0.15, -0.1) is 0 Å². The number of ether oxygens (including phenoxy) is 1. The average molecular weight is 314 g/mol. The van der Waals surface area contributed by atoms with E-state index in [1.54, 1.807) is 25.3 Å². The van der Waals surface area contributed by atoms with Crippen LogP contribution in [0.25, 0.3) is 0 Å². The fourth-order valence-electron chi connectivity index (χ4n) is 2.32. The smallest absolute Gasteiger partial charge is 0.355 e. The molecule has 2 aromatic rings. The van der Waals surface area contributed by atoms with E-state index in [4.69, 9.17) is 4.74 Å². The van der Waals surface area contributed by atoms with Crippen molar-refractivity contribution in [2.45, 2.75) is 38.8 Å². The predicted octanol–water partition coefficient (Wildman–Crippen LogP) is 3.22. The van der Waals surface area contributed by atoms with Crippen molar-refractivity contribution in [3.63, 3.8) is 0 Å². The lowest BCUT2D eigenvalue weighted by atomic mass is 10.0. The molecule has 0 aliphatic rings. The van der Waals surface area contributed by atoms with Crippen LogP contribution in [0.2, 0.25) is 0 Å². The lowest BCUT2D eigenvalue weighted by molar-refractivity contribution is -0.129. The summed E-state index contributed by atoms with van der Waals surface area (Å²) in [5.74, 6) is -0.836. The second-order valence-corrected chi connectivity index (χ2v) is 5.39. The van der Waals surface area contributed by atoms with Crippen molar-refractivity contribution in [2.75, 3.05) is 0 Å². The third-order valence-electron chi connectivity index (χ3n) is 3.57. The van der Waals surface area contributed by atoms with Crippen molar-refractivity contribution in [2.24, 2.45) is 0 Å². The van der Waals surface area contributed by atoms with Crippen LogP contribution in [-0.4, -0.2) is 23.0 Å². The van der Waals surface area contributed by atoms with Gasteiger partial charge in [-0.2, -0.15) is 0 Å². The van der Waals surface area contributed by atoms with Gasteiger partial charge in [0.2, 0.25) is 0 Å². The number of benzene rings is 1. The van der Waals surface area contributed by atoms with Gasteiger partial charge in [-0.05, 0) is 31.0 Å². The van der Waals surface area contributed by atoms with Crippen molar-refractivity contribution in [1.82, 2.24) is 10.3 Å². The first kappa shape index (κ1) is 16.8. The van der Waals surface area contributed by atoms with Crippen LogP contribution in [0.5, 0.6) is 0 Å². The fourth-order valence-corrected chi connectivity index (χ4v) is 2.32. The van der Waals surface area contributed by atoms with Crippen LogP contribution in [0.15, 0.2) is 48.7 Å². The lowest BCUT2D eigenvalue weighted by Crippen LogP contribution is -2.38. The van der Waals surface area contributed by atoms with E-state index in [0.29, 0.717) is 5.69 Å². The summed E-state index contributed by atoms with van der Waals surface area (Å²) in [6.45, 7) is 3.64. The van der Waals surface area contributed by atoms with Gasteiger partial charge in [0.1, 0.15) is 5.69 Å². The number of aromatic nitrogens is 1. The Kier molecular flexibility index (Phi) is 5.97. The number of hydrogen-bond acceptors (Lipinski definition) is 3. The van der Waals surface area contributed by atoms with Crippen molar-refractivity contribution in [3.05, 3.63) is 59.9 Å². The SMILES string of the molecule is CCC[C@H](NC(=O)[C@H](C)OC(=O)c1ccc[nH]1)c1ccccc1. The van der Waals surface area contributed by atoms with Gasteiger partial charge in [0.05, 0.1) is 6.04 Å². The van der Waals surface area contributed by atoms with E-state index in [2.05, 4.69) is 17.2 Å². The third-order valence-corrected chi connectivity index (χ3v) is 3.57. The van der Waals surface area contributed by atoms with Crippen LogP contribution >= 0.6 is 0 Å². The van der Waals surface area contributed by atoms with E-state index in [-0.39, 0.29) is 11.9 Å². The Morgan fingerprint density at radius 2 is 1.91 bits per heavy atom. The van der Waals surface area contributed by atoms with Gasteiger partial charge in [-0.1, -0.05) is 43.7 Å². The second-order valence-electron chi connectivity index (χ2n) is 5.39. The summed E-state index contributed by atoms with van der Waals surface area (Å²) in [5.41, 5.74) is 1.38. The number of aromatic amines is 1. The molecular weight excluding hydrogens is 292 g/mol. The zero-order valence-corrected chi connectivity index (χ0v) is 13.4. The molecule has 1 aromatic carbocycles. The fraction of sp³-hybridized carbons (Fsp3) is 0.333. The molecule has 1 aromatic heterocycles. The molecule has 2 N–H and O–H groups in total. The molecule has 0 aliphatic heterocycles. The minimum atomic E-state index is -0.853. The number of nitrogens with one attached hydrogen (secondary N) is 2. The van der Waals surface area contributed by atoms with Gasteiger partial charge in [-0.25, -0.2) is 4.79 Å². The molecule has 0 saturated heterocycles. The minimum Gasteiger partial charge on any atom is -0.448 e. The Morgan fingerprint density at radius 1 is 1.17 bits per heavy atom. The molecule has 0 saturated carbocycles. The molecule has 1 heterocycles. The topological polar surface area (TPSA) is 71.2 Å². The van der Waals surface area contributed by atoms with Gasteiger partial charge >= 0.3 is 5.97 Å². The maximum absolute atomic E-state index is 12.3. The molecule has 0 bridgehead atoms. The summed E-state index contributed by atoms with van der Waals surface area (Å²) in [5, 5.41) is 2.96. The maximum Gasteiger partial charge on any atom is 0.355 e. The van der Waals surface area contributed by atoms with Gasteiger partial charge in [0.25, 0.3) is 5.91 Å². The number of carbonyl (C=O) groups excluding carboxylic acids is 2. The van der Waals surface area contributed by atoms with Gasteiger partial charge in [-0.3, -0.25) is 4.79 Å². The molecule has 2 rings (SSSR count). The van der Waals surface area contributed by atoms with Gasteiger partial charge in [0.15, 0.2) is 6.10 Å². The van der Waals surface area contributed by atoms with Gasteiger partial charge < -0.3 is 15.0 Å². The highest BCUT2D eigenvalue weighted by atomic mass is 16.5. The number of hydrogen-bond donors (Lipinski definition) is 2. The van der Waals surface area contributed by atoms with Crippen LogP contribution in [0.4, 0.5) is 0 Å². The van der Waals surface area contributed by atoms with Crippen molar-refractivity contribution in [1.29, 1.82) is 0 Å². The quantitative estimate of drug-likeness (QED) is 0.771. The summed E-state index contributed by atoms with van der Waals surface area (Å²) >= 11 is 0. The Bertz CT molecular complexity index is 623. The van der Waals surface area contributed by atoms with Gasteiger partial charge in [0, 0.05) is 6.20 Å². The van der Waals surface area contributed by atoms with Crippen molar-refractivity contribution >= 4 is 11.9 Å². The first-order chi connectivity index (χ1) is 11.1. The number of esters is 1. The molecule has 5 heteroatoms. The summed E-state index contributed by atoms with van der Waals surface area (Å²) < 4.78 is 5.19. The molecular formula is C18H22N2O3.